The second kappa shape index (κ2) is 5.90. The van der Waals surface area contributed by atoms with Crippen LogP contribution in [0.15, 0.2) is 18.2 Å². The summed E-state index contributed by atoms with van der Waals surface area (Å²) in [5.74, 6) is -0.219. The first-order chi connectivity index (χ1) is 9.90. The van der Waals surface area contributed by atoms with E-state index in [0.717, 1.165) is 0 Å². The Hall–Kier alpha value is -2.44. The number of Topliss-reactive ketones (excluding diaryl/α,β-unsaturated/α-hetero) is 1. The number of rotatable bonds is 3. The second-order valence-electron chi connectivity index (χ2n) is 5.22. The van der Waals surface area contributed by atoms with Crippen LogP contribution >= 0.6 is 0 Å². The molecular weight excluding hydrogens is 274 g/mol. The fraction of sp³-hybridized carbons (Fsp3) is 0.429. The molecule has 0 spiro atoms. The van der Waals surface area contributed by atoms with Crippen molar-refractivity contribution in [2.45, 2.75) is 12.8 Å². The molecule has 1 fully saturated rings. The summed E-state index contributed by atoms with van der Waals surface area (Å²) in [5.41, 5.74) is 0.513. The number of nitrogens with zero attached hydrogens (tertiary/aromatic N) is 3. The first-order valence-electron chi connectivity index (χ1n) is 6.67. The van der Waals surface area contributed by atoms with Crippen LogP contribution in [0.5, 0.6) is 0 Å². The van der Waals surface area contributed by atoms with E-state index in [9.17, 15) is 19.7 Å². The summed E-state index contributed by atoms with van der Waals surface area (Å²) in [6.07, 6.45) is 1.20. The van der Waals surface area contributed by atoms with Gasteiger partial charge in [0, 0.05) is 38.7 Å². The molecule has 0 atom stereocenters. The number of carbonyl (C=O) groups excluding carboxylic acids is 2. The van der Waals surface area contributed by atoms with Crippen LogP contribution in [0.4, 0.5) is 11.4 Å². The summed E-state index contributed by atoms with van der Waals surface area (Å²) in [4.78, 5) is 37.2. The van der Waals surface area contributed by atoms with Crippen LogP contribution in [-0.4, -0.2) is 48.7 Å². The Morgan fingerprint density at radius 1 is 1.38 bits per heavy atom. The topological polar surface area (TPSA) is 83.8 Å². The molecule has 1 saturated heterocycles. The lowest BCUT2D eigenvalue weighted by atomic mass is 10.1. The molecule has 0 aromatic heterocycles. The number of carbonyl (C=O) groups is 2. The van der Waals surface area contributed by atoms with E-state index in [0.29, 0.717) is 25.1 Å². The number of nitro benzene ring substituents is 1. The highest BCUT2D eigenvalue weighted by molar-refractivity contribution is 5.95. The van der Waals surface area contributed by atoms with E-state index in [1.807, 2.05) is 0 Å². The molecule has 0 aliphatic carbocycles. The fourth-order valence-corrected chi connectivity index (χ4v) is 2.37. The number of hydrogen-bond acceptors (Lipinski definition) is 5. The van der Waals surface area contributed by atoms with Crippen molar-refractivity contribution in [1.29, 1.82) is 0 Å². The maximum atomic E-state index is 11.9. The zero-order chi connectivity index (χ0) is 15.6. The number of ketones is 1. The summed E-state index contributed by atoms with van der Waals surface area (Å²) in [5, 5.41) is 11.3. The summed E-state index contributed by atoms with van der Waals surface area (Å²) in [6, 6.07) is 4.38. The summed E-state index contributed by atoms with van der Waals surface area (Å²) in [6.45, 7) is 0.787. The number of hydrogen-bond donors (Lipinski definition) is 0. The van der Waals surface area contributed by atoms with E-state index in [1.165, 1.54) is 11.0 Å². The quantitative estimate of drug-likeness (QED) is 0.622. The summed E-state index contributed by atoms with van der Waals surface area (Å²) in [7, 11) is 3.18. The lowest BCUT2D eigenvalue weighted by molar-refractivity contribution is -0.384. The highest BCUT2D eigenvalue weighted by atomic mass is 16.6. The minimum Gasteiger partial charge on any atom is -0.359 e. The smallest absolute Gasteiger partial charge is 0.293 e. The Labute approximate surface area is 122 Å². The molecule has 1 aliphatic rings. The molecular formula is C14H17N3O4. The monoisotopic (exact) mass is 291 g/mol. The van der Waals surface area contributed by atoms with Crippen LogP contribution in [0.25, 0.3) is 0 Å². The average Bonchev–Trinajstić information content (AvgIpc) is 2.45. The molecule has 1 aromatic rings. The van der Waals surface area contributed by atoms with E-state index in [-0.39, 0.29) is 29.5 Å². The number of piperidine rings is 1. The lowest BCUT2D eigenvalue weighted by Crippen LogP contribution is -2.36. The van der Waals surface area contributed by atoms with Crippen LogP contribution < -0.4 is 4.90 Å². The normalized spacial score (nSPS) is 15.0. The number of amides is 1. The van der Waals surface area contributed by atoms with Gasteiger partial charge in [0.05, 0.1) is 11.5 Å². The molecule has 2 rings (SSSR count). The van der Waals surface area contributed by atoms with E-state index in [4.69, 9.17) is 0 Å². The van der Waals surface area contributed by atoms with Crippen molar-refractivity contribution in [3.63, 3.8) is 0 Å². The maximum Gasteiger partial charge on any atom is 0.293 e. The maximum absolute atomic E-state index is 11.9. The van der Waals surface area contributed by atoms with Gasteiger partial charge in [-0.25, -0.2) is 0 Å². The molecule has 112 valence electrons. The molecule has 21 heavy (non-hydrogen) atoms. The van der Waals surface area contributed by atoms with E-state index in [1.54, 1.807) is 31.1 Å². The average molecular weight is 291 g/mol. The SMILES string of the molecule is CN(C)C(=O)c1ccc(N2CCCC(=O)C2)c([N+](=O)[O-])c1. The van der Waals surface area contributed by atoms with E-state index >= 15 is 0 Å². The zero-order valence-electron chi connectivity index (χ0n) is 12.0. The van der Waals surface area contributed by atoms with E-state index in [2.05, 4.69) is 0 Å². The predicted octanol–water partition coefficient (Wildman–Crippen LogP) is 1.47. The highest BCUT2D eigenvalue weighted by Crippen LogP contribution is 2.31. The molecule has 0 unspecified atom stereocenters. The Morgan fingerprint density at radius 3 is 2.67 bits per heavy atom. The summed E-state index contributed by atoms with van der Waals surface area (Å²) < 4.78 is 0. The van der Waals surface area contributed by atoms with Gasteiger partial charge in [-0.2, -0.15) is 0 Å². The van der Waals surface area contributed by atoms with Gasteiger partial charge in [0.2, 0.25) is 0 Å². The third-order valence-corrected chi connectivity index (χ3v) is 3.42. The number of nitro groups is 1. The number of anilines is 1. The van der Waals surface area contributed by atoms with Gasteiger partial charge in [-0.05, 0) is 18.6 Å². The Kier molecular flexibility index (Phi) is 4.21. The first kappa shape index (κ1) is 15.0. The van der Waals surface area contributed by atoms with Gasteiger partial charge in [-0.1, -0.05) is 0 Å². The first-order valence-corrected chi connectivity index (χ1v) is 6.67. The fourth-order valence-electron chi connectivity index (χ4n) is 2.37. The van der Waals surface area contributed by atoms with Crippen molar-refractivity contribution in [2.75, 3.05) is 32.1 Å². The van der Waals surface area contributed by atoms with Crippen molar-refractivity contribution < 1.29 is 14.5 Å². The molecule has 0 radical (unpaired) electrons. The molecule has 1 aliphatic heterocycles. The van der Waals surface area contributed by atoms with Crippen LogP contribution in [0.1, 0.15) is 23.2 Å². The van der Waals surface area contributed by atoms with Crippen LogP contribution in [0.2, 0.25) is 0 Å². The minimum atomic E-state index is -0.513. The Balaban J connectivity index is 2.40. The lowest BCUT2D eigenvalue weighted by Gasteiger charge is -2.27. The Morgan fingerprint density at radius 2 is 2.10 bits per heavy atom. The zero-order valence-corrected chi connectivity index (χ0v) is 12.0. The predicted molar refractivity (Wildman–Crippen MR) is 77.6 cm³/mol. The van der Waals surface area contributed by atoms with Crippen LogP contribution in [0, 0.1) is 10.1 Å². The molecule has 7 nitrogen and oxygen atoms in total. The highest BCUT2D eigenvalue weighted by Gasteiger charge is 2.25. The molecule has 7 heteroatoms. The third-order valence-electron chi connectivity index (χ3n) is 3.42. The molecule has 1 amide bonds. The third kappa shape index (κ3) is 3.18. The Bertz CT molecular complexity index is 598. The molecule has 1 aromatic carbocycles. The minimum absolute atomic E-state index is 0.0731. The molecule has 1 heterocycles. The molecule has 0 saturated carbocycles. The van der Waals surface area contributed by atoms with Gasteiger partial charge in [-0.15, -0.1) is 0 Å². The van der Waals surface area contributed by atoms with Gasteiger partial charge in [0.15, 0.2) is 5.78 Å². The van der Waals surface area contributed by atoms with Crippen molar-refractivity contribution in [2.24, 2.45) is 0 Å². The van der Waals surface area contributed by atoms with Crippen LogP contribution in [-0.2, 0) is 4.79 Å². The van der Waals surface area contributed by atoms with Crippen molar-refractivity contribution in [3.8, 4) is 0 Å². The molecule has 0 N–H and O–H groups in total. The number of benzene rings is 1. The largest absolute Gasteiger partial charge is 0.359 e. The van der Waals surface area contributed by atoms with Crippen LogP contribution in [0.3, 0.4) is 0 Å². The standard InChI is InChI=1S/C14H17N3O4/c1-15(2)14(19)10-5-6-12(13(8-10)17(20)21)16-7-3-4-11(18)9-16/h5-6,8H,3-4,7,9H2,1-2H3. The van der Waals surface area contributed by atoms with Gasteiger partial charge < -0.3 is 9.80 Å². The van der Waals surface area contributed by atoms with Gasteiger partial charge in [0.25, 0.3) is 11.6 Å². The van der Waals surface area contributed by atoms with Gasteiger partial charge >= 0.3 is 0 Å². The van der Waals surface area contributed by atoms with Crippen molar-refractivity contribution >= 4 is 23.1 Å². The second-order valence-corrected chi connectivity index (χ2v) is 5.22. The van der Waals surface area contributed by atoms with Crippen molar-refractivity contribution in [1.82, 2.24) is 4.90 Å². The van der Waals surface area contributed by atoms with Crippen molar-refractivity contribution in [3.05, 3.63) is 33.9 Å². The summed E-state index contributed by atoms with van der Waals surface area (Å²) >= 11 is 0. The molecule has 0 bridgehead atoms. The van der Waals surface area contributed by atoms with Gasteiger partial charge in [0.1, 0.15) is 5.69 Å². The van der Waals surface area contributed by atoms with Gasteiger partial charge in [-0.3, -0.25) is 19.7 Å². The van der Waals surface area contributed by atoms with E-state index < -0.39 is 4.92 Å².